The Balaban J connectivity index is 1.71. The molecular weight excluding hydrogens is 519 g/mol. The van der Waals surface area contributed by atoms with Gasteiger partial charge in [-0.15, -0.1) is 0 Å². The van der Waals surface area contributed by atoms with Gasteiger partial charge in [0, 0.05) is 55.4 Å². The molecule has 0 saturated carbocycles. The van der Waals surface area contributed by atoms with Crippen molar-refractivity contribution in [3.63, 3.8) is 0 Å². The number of rotatable bonds is 8. The molecule has 1 amide bonds. The molecule has 0 bridgehead atoms. The van der Waals surface area contributed by atoms with Gasteiger partial charge in [-0.3, -0.25) is 14.2 Å². The largest absolute Gasteiger partial charge is 0.495 e. The monoisotopic (exact) mass is 546 g/mol. The Kier molecular flexibility index (Phi) is 8.21. The molecule has 1 aromatic carbocycles. The summed E-state index contributed by atoms with van der Waals surface area (Å²) in [5.74, 6) is 0.538. The highest BCUT2D eigenvalue weighted by Crippen LogP contribution is 2.45. The van der Waals surface area contributed by atoms with Gasteiger partial charge in [0.2, 0.25) is 11.9 Å². The summed E-state index contributed by atoms with van der Waals surface area (Å²) in [6, 6.07) is 3.32. The van der Waals surface area contributed by atoms with Crippen LogP contribution in [-0.4, -0.2) is 65.2 Å². The lowest BCUT2D eigenvalue weighted by Crippen LogP contribution is -2.45. The number of carbonyl (C=O) groups excluding carboxylic acids is 1. The molecule has 0 radical (unpaired) electrons. The van der Waals surface area contributed by atoms with Crippen LogP contribution in [0.15, 0.2) is 35.8 Å². The summed E-state index contributed by atoms with van der Waals surface area (Å²) in [6.45, 7) is 5.98. The molecule has 0 spiro atoms. The van der Waals surface area contributed by atoms with Crippen molar-refractivity contribution in [2.75, 3.05) is 39.6 Å². The number of fused-ring (bicyclic) bond motifs is 1. The number of nitrogens with two attached hydrogens (primary N) is 1. The minimum absolute atomic E-state index is 0.0614. The Bertz CT molecular complexity index is 1370. The van der Waals surface area contributed by atoms with E-state index in [4.69, 9.17) is 38.4 Å². The van der Waals surface area contributed by atoms with Crippen LogP contribution in [-0.2, 0) is 11.3 Å². The van der Waals surface area contributed by atoms with Crippen molar-refractivity contribution in [1.29, 1.82) is 0 Å². The lowest BCUT2D eigenvalue weighted by atomic mass is 10.0. The quantitative estimate of drug-likeness (QED) is 0.413. The lowest BCUT2D eigenvalue weighted by Gasteiger charge is -2.32. The first-order chi connectivity index (χ1) is 17.8. The van der Waals surface area contributed by atoms with Crippen LogP contribution < -0.4 is 26.1 Å². The Morgan fingerprint density at radius 3 is 2.43 bits per heavy atom. The Labute approximate surface area is 224 Å². The van der Waals surface area contributed by atoms with Gasteiger partial charge in [0.25, 0.3) is 5.56 Å². The van der Waals surface area contributed by atoms with Gasteiger partial charge in [0.15, 0.2) is 0 Å². The first-order valence-electron chi connectivity index (χ1n) is 11.7. The summed E-state index contributed by atoms with van der Waals surface area (Å²) in [6.07, 6.45) is 4.45. The summed E-state index contributed by atoms with van der Waals surface area (Å²) in [5, 5.41) is 3.92. The Morgan fingerprint density at radius 2 is 1.84 bits per heavy atom. The van der Waals surface area contributed by atoms with E-state index in [2.05, 4.69) is 26.8 Å². The number of pyridine rings is 1. The molecule has 37 heavy (non-hydrogen) atoms. The topological polar surface area (TPSA) is 125 Å². The number of halogens is 2. The number of likely N-dealkylation sites (tertiary alicyclic amines) is 1. The van der Waals surface area contributed by atoms with Crippen LogP contribution in [0.3, 0.4) is 0 Å². The first-order valence-corrected chi connectivity index (χ1v) is 12.4. The highest BCUT2D eigenvalue weighted by molar-refractivity contribution is 6.41. The van der Waals surface area contributed by atoms with Crippen molar-refractivity contribution in [1.82, 2.24) is 24.8 Å². The zero-order valence-corrected chi connectivity index (χ0v) is 22.1. The van der Waals surface area contributed by atoms with E-state index in [9.17, 15) is 9.59 Å². The Morgan fingerprint density at radius 1 is 1.19 bits per heavy atom. The number of amides is 1. The van der Waals surface area contributed by atoms with Crippen molar-refractivity contribution < 1.29 is 14.3 Å². The van der Waals surface area contributed by atoms with Crippen molar-refractivity contribution >= 4 is 46.1 Å². The molecule has 1 aliphatic heterocycles. The van der Waals surface area contributed by atoms with Gasteiger partial charge in [-0.05, 0) is 25.0 Å². The summed E-state index contributed by atoms with van der Waals surface area (Å²) >= 11 is 13.3. The molecule has 1 saturated heterocycles. The van der Waals surface area contributed by atoms with E-state index in [1.54, 1.807) is 22.9 Å². The van der Waals surface area contributed by atoms with Crippen molar-refractivity contribution in [2.45, 2.75) is 25.4 Å². The molecule has 0 aliphatic carbocycles. The summed E-state index contributed by atoms with van der Waals surface area (Å²) < 4.78 is 12.3. The number of nitrogens with one attached hydrogen (secondary N) is 1. The highest BCUT2D eigenvalue weighted by Gasteiger charge is 2.24. The number of benzene rings is 1. The van der Waals surface area contributed by atoms with Gasteiger partial charge in [0.1, 0.15) is 17.1 Å². The van der Waals surface area contributed by atoms with Gasteiger partial charge in [-0.1, -0.05) is 29.8 Å². The van der Waals surface area contributed by atoms with Crippen LogP contribution >= 0.6 is 23.2 Å². The van der Waals surface area contributed by atoms with E-state index in [1.165, 1.54) is 20.3 Å². The van der Waals surface area contributed by atoms with E-state index in [0.717, 1.165) is 25.9 Å². The number of ether oxygens (including phenoxy) is 2. The second-order valence-corrected chi connectivity index (χ2v) is 9.39. The van der Waals surface area contributed by atoms with Crippen LogP contribution in [0.2, 0.25) is 10.0 Å². The molecule has 196 valence electrons. The normalized spacial score (nSPS) is 14.5. The molecule has 1 fully saturated rings. The third-order valence-corrected chi connectivity index (χ3v) is 7.20. The summed E-state index contributed by atoms with van der Waals surface area (Å²) in [7, 11) is 2.94. The smallest absolute Gasteiger partial charge is 0.260 e. The average Bonchev–Trinajstić information content (AvgIpc) is 2.89. The molecule has 12 heteroatoms. The number of hydrogen-bond acceptors (Lipinski definition) is 8. The van der Waals surface area contributed by atoms with Crippen LogP contribution in [0.5, 0.6) is 11.5 Å². The number of hydrogen-bond donors (Lipinski definition) is 2. The minimum Gasteiger partial charge on any atom is -0.495 e. The second-order valence-electron chi connectivity index (χ2n) is 8.63. The third kappa shape index (κ3) is 5.51. The van der Waals surface area contributed by atoms with Crippen molar-refractivity contribution in [3.05, 3.63) is 51.4 Å². The number of methoxy groups -OCH3 is 2. The van der Waals surface area contributed by atoms with Crippen LogP contribution in [0, 0.1) is 0 Å². The number of nitrogen functional groups attached to an aromatic ring is 1. The standard InChI is InChI=1S/C25H28Cl2N6O4/c1-4-19(34)30-15-5-7-32(8-6-15)9-10-33-23-14(13-29-25(28)31-23)11-16(24(33)35)20-21(26)17(36-2)12-18(37-3)22(20)27/h4,11-13,15H,1,5-10H2,2-3H3,(H,30,34)(H2,28,29,31). The first kappa shape index (κ1) is 26.7. The molecule has 0 atom stereocenters. The molecule has 0 unspecified atom stereocenters. The fourth-order valence-corrected chi connectivity index (χ4v) is 5.19. The van der Waals surface area contributed by atoms with E-state index in [0.29, 0.717) is 41.2 Å². The van der Waals surface area contributed by atoms with E-state index in [-0.39, 0.29) is 39.1 Å². The maximum atomic E-state index is 13.9. The molecular formula is C25H28Cl2N6O4. The van der Waals surface area contributed by atoms with Crippen molar-refractivity contribution in [3.8, 4) is 22.6 Å². The van der Waals surface area contributed by atoms with Crippen molar-refractivity contribution in [2.24, 2.45) is 0 Å². The van der Waals surface area contributed by atoms with E-state index >= 15 is 0 Å². The average molecular weight is 547 g/mol. The van der Waals surface area contributed by atoms with Gasteiger partial charge in [0.05, 0.1) is 29.8 Å². The number of anilines is 1. The molecule has 4 rings (SSSR count). The van der Waals surface area contributed by atoms with Gasteiger partial charge in [-0.2, -0.15) is 4.98 Å². The minimum atomic E-state index is -0.335. The number of aromatic nitrogens is 3. The molecule has 2 aromatic heterocycles. The molecule has 3 aromatic rings. The fraction of sp³-hybridized carbons (Fsp3) is 0.360. The van der Waals surface area contributed by atoms with Crippen LogP contribution in [0.4, 0.5) is 5.95 Å². The number of nitrogens with zero attached hydrogens (tertiary/aromatic N) is 4. The number of carbonyl (C=O) groups is 1. The number of piperidine rings is 1. The van der Waals surface area contributed by atoms with Gasteiger partial charge >= 0.3 is 0 Å². The molecule has 3 N–H and O–H groups in total. The zero-order valence-electron chi connectivity index (χ0n) is 20.6. The van der Waals surface area contributed by atoms with Crippen LogP contribution in [0.25, 0.3) is 22.2 Å². The fourth-order valence-electron chi connectivity index (χ4n) is 4.48. The summed E-state index contributed by atoms with van der Waals surface area (Å²) in [5.41, 5.74) is 6.50. The lowest BCUT2D eigenvalue weighted by molar-refractivity contribution is -0.117. The SMILES string of the molecule is C=CC(=O)NC1CCN(CCn2c(=O)c(-c3c(Cl)c(OC)cc(OC)c3Cl)cc3cnc(N)nc32)CC1. The predicted molar refractivity (Wildman–Crippen MR) is 145 cm³/mol. The third-order valence-electron chi connectivity index (χ3n) is 6.45. The molecule has 1 aliphatic rings. The maximum Gasteiger partial charge on any atom is 0.260 e. The second kappa shape index (κ2) is 11.4. The summed E-state index contributed by atoms with van der Waals surface area (Å²) in [4.78, 5) is 36.1. The van der Waals surface area contributed by atoms with Gasteiger partial charge in [-0.25, -0.2) is 4.98 Å². The predicted octanol–water partition coefficient (Wildman–Crippen LogP) is 3.13. The van der Waals surface area contributed by atoms with E-state index < -0.39 is 0 Å². The van der Waals surface area contributed by atoms with Crippen LogP contribution in [0.1, 0.15) is 12.8 Å². The zero-order chi connectivity index (χ0) is 26.7. The maximum absolute atomic E-state index is 13.9. The molecule has 10 nitrogen and oxygen atoms in total. The van der Waals surface area contributed by atoms with Gasteiger partial charge < -0.3 is 25.4 Å². The van der Waals surface area contributed by atoms with E-state index in [1.807, 2.05) is 0 Å². The Hall–Kier alpha value is -3.34. The molecule has 3 heterocycles. The highest BCUT2D eigenvalue weighted by atomic mass is 35.5.